The average molecular weight is 471 g/mol. The molecular formula is C24H20F3N3O4. The molecule has 3 aromatic rings. The molecule has 2 N–H and O–H groups in total. The molecule has 1 aliphatic heterocycles. The summed E-state index contributed by atoms with van der Waals surface area (Å²) in [5.74, 6) is -0.293. The van der Waals surface area contributed by atoms with Crippen LogP contribution in [0.4, 0.5) is 24.5 Å². The third kappa shape index (κ3) is 5.70. The standard InChI is InChI=1S/C24H20F3N3O4/c25-24(26,27)19-13-16(29-23(32)21-4-2-12-33-21)7-10-20(19)30-22(31)15-5-8-17(9-6-15)34-18-3-1-11-28-14-18/h1,3,5-11,13-14,21H,2,4,12H2,(H,29,32)(H,30,31). The molecule has 0 spiro atoms. The third-order valence-electron chi connectivity index (χ3n) is 5.05. The zero-order valence-corrected chi connectivity index (χ0v) is 17.8. The Labute approximate surface area is 192 Å². The van der Waals surface area contributed by atoms with Crippen molar-refractivity contribution >= 4 is 23.2 Å². The number of benzene rings is 2. The molecule has 7 nitrogen and oxygen atoms in total. The maximum absolute atomic E-state index is 13.7. The van der Waals surface area contributed by atoms with E-state index in [9.17, 15) is 22.8 Å². The molecule has 1 saturated heterocycles. The molecule has 1 atom stereocenters. The molecule has 176 valence electrons. The Hall–Kier alpha value is -3.92. The van der Waals surface area contributed by atoms with Crippen LogP contribution in [0.1, 0.15) is 28.8 Å². The summed E-state index contributed by atoms with van der Waals surface area (Å²) < 4.78 is 51.8. The summed E-state index contributed by atoms with van der Waals surface area (Å²) in [6.07, 6.45) is -1.09. The minimum Gasteiger partial charge on any atom is -0.456 e. The van der Waals surface area contributed by atoms with Crippen molar-refractivity contribution in [2.24, 2.45) is 0 Å². The average Bonchev–Trinajstić information content (AvgIpc) is 3.36. The van der Waals surface area contributed by atoms with Crippen LogP contribution >= 0.6 is 0 Å². The summed E-state index contributed by atoms with van der Waals surface area (Å²) in [6.45, 7) is 0.438. The van der Waals surface area contributed by atoms with Crippen LogP contribution in [0.3, 0.4) is 0 Å². The lowest BCUT2D eigenvalue weighted by Crippen LogP contribution is -2.27. The van der Waals surface area contributed by atoms with Crippen LogP contribution in [-0.2, 0) is 15.7 Å². The number of ether oxygens (including phenoxy) is 2. The molecule has 4 rings (SSSR count). The van der Waals surface area contributed by atoms with Gasteiger partial charge >= 0.3 is 6.18 Å². The van der Waals surface area contributed by atoms with E-state index in [-0.39, 0.29) is 11.3 Å². The molecule has 1 unspecified atom stereocenters. The number of alkyl halides is 3. The molecule has 1 fully saturated rings. The summed E-state index contributed by atoms with van der Waals surface area (Å²) in [6, 6.07) is 12.5. The quantitative estimate of drug-likeness (QED) is 0.512. The fourth-order valence-electron chi connectivity index (χ4n) is 3.39. The largest absolute Gasteiger partial charge is 0.456 e. The molecule has 1 aliphatic rings. The predicted octanol–water partition coefficient (Wildman–Crippen LogP) is 5.26. The van der Waals surface area contributed by atoms with Crippen molar-refractivity contribution in [1.82, 2.24) is 4.98 Å². The third-order valence-corrected chi connectivity index (χ3v) is 5.05. The molecule has 2 aromatic carbocycles. The van der Waals surface area contributed by atoms with E-state index in [4.69, 9.17) is 9.47 Å². The van der Waals surface area contributed by atoms with Gasteiger partial charge in [0.15, 0.2) is 0 Å². The number of amides is 2. The van der Waals surface area contributed by atoms with Crippen LogP contribution in [0.2, 0.25) is 0 Å². The van der Waals surface area contributed by atoms with Gasteiger partial charge in [0.25, 0.3) is 11.8 Å². The molecule has 0 bridgehead atoms. The molecule has 0 radical (unpaired) electrons. The highest BCUT2D eigenvalue weighted by atomic mass is 19.4. The summed E-state index contributed by atoms with van der Waals surface area (Å²) in [4.78, 5) is 28.7. The minimum absolute atomic E-state index is 0.0391. The minimum atomic E-state index is -4.76. The highest BCUT2D eigenvalue weighted by Crippen LogP contribution is 2.37. The van der Waals surface area contributed by atoms with Crippen LogP contribution in [0.25, 0.3) is 0 Å². The lowest BCUT2D eigenvalue weighted by atomic mass is 10.1. The van der Waals surface area contributed by atoms with Gasteiger partial charge in [-0.25, -0.2) is 0 Å². The number of nitrogens with zero attached hydrogens (tertiary/aromatic N) is 1. The summed E-state index contributed by atoms with van der Waals surface area (Å²) >= 11 is 0. The molecule has 2 heterocycles. The monoisotopic (exact) mass is 471 g/mol. The first-order valence-electron chi connectivity index (χ1n) is 10.4. The van der Waals surface area contributed by atoms with Crippen LogP contribution in [0.15, 0.2) is 67.0 Å². The lowest BCUT2D eigenvalue weighted by molar-refractivity contribution is -0.137. The number of nitrogens with one attached hydrogen (secondary N) is 2. The summed E-state index contributed by atoms with van der Waals surface area (Å²) in [7, 11) is 0. The number of pyridine rings is 1. The van der Waals surface area contributed by atoms with Crippen LogP contribution in [0, 0.1) is 0 Å². The van der Waals surface area contributed by atoms with E-state index in [1.54, 1.807) is 18.3 Å². The SMILES string of the molecule is O=C(Nc1ccc(NC(=O)C2CCCO2)cc1C(F)(F)F)c1ccc(Oc2cccnc2)cc1. The fourth-order valence-corrected chi connectivity index (χ4v) is 3.39. The second-order valence-corrected chi connectivity index (χ2v) is 7.52. The van der Waals surface area contributed by atoms with Crippen molar-refractivity contribution in [2.75, 3.05) is 17.2 Å². The highest BCUT2D eigenvalue weighted by molar-refractivity contribution is 6.05. The Morgan fingerprint density at radius 3 is 2.47 bits per heavy atom. The highest BCUT2D eigenvalue weighted by Gasteiger charge is 2.35. The van der Waals surface area contributed by atoms with Gasteiger partial charge in [0.2, 0.25) is 0 Å². The van der Waals surface area contributed by atoms with Crippen LogP contribution in [-0.4, -0.2) is 29.5 Å². The van der Waals surface area contributed by atoms with E-state index in [1.807, 2.05) is 0 Å². The Morgan fingerprint density at radius 2 is 1.82 bits per heavy atom. The van der Waals surface area contributed by atoms with Crippen molar-refractivity contribution in [2.45, 2.75) is 25.1 Å². The maximum Gasteiger partial charge on any atom is 0.418 e. The van der Waals surface area contributed by atoms with Gasteiger partial charge in [0.05, 0.1) is 17.4 Å². The van der Waals surface area contributed by atoms with Crippen molar-refractivity contribution in [3.63, 3.8) is 0 Å². The van der Waals surface area contributed by atoms with E-state index in [2.05, 4.69) is 15.6 Å². The molecule has 0 saturated carbocycles. The number of carbonyl (C=O) groups is 2. The van der Waals surface area contributed by atoms with E-state index in [0.717, 1.165) is 12.1 Å². The number of hydrogen-bond acceptors (Lipinski definition) is 5. The molecule has 34 heavy (non-hydrogen) atoms. The first-order chi connectivity index (χ1) is 16.3. The first kappa shape index (κ1) is 23.2. The predicted molar refractivity (Wildman–Crippen MR) is 118 cm³/mol. The maximum atomic E-state index is 13.7. The number of aromatic nitrogens is 1. The molecule has 1 aromatic heterocycles. The zero-order valence-electron chi connectivity index (χ0n) is 17.8. The number of anilines is 2. The van der Waals surface area contributed by atoms with E-state index >= 15 is 0 Å². The molecule has 10 heteroatoms. The fraction of sp³-hybridized carbons (Fsp3) is 0.208. The van der Waals surface area contributed by atoms with Gasteiger partial charge in [-0.2, -0.15) is 13.2 Å². The topological polar surface area (TPSA) is 89.6 Å². The van der Waals surface area contributed by atoms with E-state index in [1.165, 1.54) is 36.5 Å². The van der Waals surface area contributed by atoms with E-state index in [0.29, 0.717) is 30.9 Å². The number of halogens is 3. The second-order valence-electron chi connectivity index (χ2n) is 7.52. The lowest BCUT2D eigenvalue weighted by Gasteiger charge is -2.17. The summed E-state index contributed by atoms with van der Waals surface area (Å²) in [5, 5.41) is 4.73. The van der Waals surface area contributed by atoms with Crippen molar-refractivity contribution in [3.8, 4) is 11.5 Å². The van der Waals surface area contributed by atoms with Crippen LogP contribution < -0.4 is 15.4 Å². The number of rotatable bonds is 6. The van der Waals surface area contributed by atoms with Crippen molar-refractivity contribution < 1.29 is 32.2 Å². The molecule has 2 amide bonds. The van der Waals surface area contributed by atoms with Gasteiger partial charge in [-0.3, -0.25) is 14.6 Å². The van der Waals surface area contributed by atoms with Gasteiger partial charge in [-0.15, -0.1) is 0 Å². The number of hydrogen-bond donors (Lipinski definition) is 2. The second kappa shape index (κ2) is 9.92. The van der Waals surface area contributed by atoms with Gasteiger partial charge in [-0.05, 0) is 67.4 Å². The molecular weight excluding hydrogens is 451 g/mol. The Balaban J connectivity index is 1.47. The van der Waals surface area contributed by atoms with E-state index < -0.39 is 35.3 Å². The normalized spacial score (nSPS) is 15.6. The number of carbonyl (C=O) groups excluding carboxylic acids is 2. The van der Waals surface area contributed by atoms with Gasteiger partial charge < -0.3 is 20.1 Å². The summed E-state index contributed by atoms with van der Waals surface area (Å²) in [5.41, 5.74) is -1.41. The van der Waals surface area contributed by atoms with Gasteiger partial charge in [-0.1, -0.05) is 0 Å². The van der Waals surface area contributed by atoms with Gasteiger partial charge in [0.1, 0.15) is 17.6 Å². The van der Waals surface area contributed by atoms with Crippen molar-refractivity contribution in [1.29, 1.82) is 0 Å². The van der Waals surface area contributed by atoms with Gasteiger partial charge in [0, 0.05) is 24.1 Å². The zero-order chi connectivity index (χ0) is 24.1. The Morgan fingerprint density at radius 1 is 1.03 bits per heavy atom. The first-order valence-corrected chi connectivity index (χ1v) is 10.4. The molecule has 0 aliphatic carbocycles. The van der Waals surface area contributed by atoms with Crippen molar-refractivity contribution in [3.05, 3.63) is 78.1 Å². The Bertz CT molecular complexity index is 1160. The Kier molecular flexibility index (Phi) is 6.78. The van der Waals surface area contributed by atoms with Crippen LogP contribution in [0.5, 0.6) is 11.5 Å². The smallest absolute Gasteiger partial charge is 0.418 e.